The van der Waals surface area contributed by atoms with Gasteiger partial charge in [-0.25, -0.2) is 4.79 Å². The van der Waals surface area contributed by atoms with E-state index in [0.29, 0.717) is 10.7 Å². The van der Waals surface area contributed by atoms with Gasteiger partial charge < -0.3 is 16.4 Å². The molecule has 6 heteroatoms. The second-order valence-electron chi connectivity index (χ2n) is 5.82. The fourth-order valence-electron chi connectivity index (χ4n) is 2.83. The van der Waals surface area contributed by atoms with Gasteiger partial charge in [-0.3, -0.25) is 4.79 Å². The predicted molar refractivity (Wildman–Crippen MR) is 87.9 cm³/mol. The summed E-state index contributed by atoms with van der Waals surface area (Å²) in [6.07, 6.45) is 4.54. The monoisotopic (exact) mass is 323 g/mol. The summed E-state index contributed by atoms with van der Waals surface area (Å²) in [4.78, 5) is 23.7. The smallest absolute Gasteiger partial charge is 0.319 e. The van der Waals surface area contributed by atoms with Crippen LogP contribution in [0.2, 0.25) is 5.02 Å². The average Bonchev–Trinajstić information content (AvgIpc) is 2.68. The van der Waals surface area contributed by atoms with Gasteiger partial charge in [0.15, 0.2) is 0 Å². The maximum absolute atomic E-state index is 12.1. The first-order valence-corrected chi connectivity index (χ1v) is 7.98. The molecule has 0 heterocycles. The highest BCUT2D eigenvalue weighted by Gasteiger charge is 2.29. The Balaban J connectivity index is 1.99. The van der Waals surface area contributed by atoms with Gasteiger partial charge in [0, 0.05) is 16.8 Å². The van der Waals surface area contributed by atoms with Crippen molar-refractivity contribution in [2.45, 2.75) is 45.1 Å². The zero-order valence-corrected chi connectivity index (χ0v) is 13.5. The lowest BCUT2D eigenvalue weighted by molar-refractivity contribution is -0.122. The fourth-order valence-corrected chi connectivity index (χ4v) is 3.01. The number of anilines is 1. The van der Waals surface area contributed by atoms with E-state index in [9.17, 15) is 9.59 Å². The summed E-state index contributed by atoms with van der Waals surface area (Å²) in [6, 6.07) is 4.80. The van der Waals surface area contributed by atoms with Crippen molar-refractivity contribution in [3.63, 3.8) is 0 Å². The number of primary amides is 1. The number of urea groups is 1. The minimum Gasteiger partial charge on any atom is -0.369 e. The highest BCUT2D eigenvalue weighted by atomic mass is 35.5. The minimum atomic E-state index is -0.342. The molecule has 1 fully saturated rings. The van der Waals surface area contributed by atoms with Crippen molar-refractivity contribution in [3.8, 4) is 0 Å². The van der Waals surface area contributed by atoms with Crippen molar-refractivity contribution in [2.75, 3.05) is 5.32 Å². The molecule has 3 amide bonds. The predicted octanol–water partition coefficient (Wildman–Crippen LogP) is 3.20. The normalized spacial score (nSPS) is 21.7. The summed E-state index contributed by atoms with van der Waals surface area (Å²) in [5.41, 5.74) is 7.04. The van der Waals surface area contributed by atoms with E-state index in [1.165, 1.54) is 0 Å². The number of amides is 3. The molecule has 1 aliphatic carbocycles. The molecule has 0 saturated heterocycles. The van der Waals surface area contributed by atoms with E-state index in [2.05, 4.69) is 10.6 Å². The van der Waals surface area contributed by atoms with Crippen LogP contribution in [-0.2, 0) is 4.79 Å². The van der Waals surface area contributed by atoms with E-state index in [-0.39, 0.29) is 23.9 Å². The van der Waals surface area contributed by atoms with Gasteiger partial charge in [-0.15, -0.1) is 0 Å². The Bertz CT molecular complexity index is 562. The number of hydrogen-bond acceptors (Lipinski definition) is 2. The van der Waals surface area contributed by atoms with E-state index in [4.69, 9.17) is 17.3 Å². The van der Waals surface area contributed by atoms with E-state index in [0.717, 1.165) is 37.7 Å². The Labute approximate surface area is 135 Å². The Morgan fingerprint density at radius 1 is 1.23 bits per heavy atom. The van der Waals surface area contributed by atoms with Crippen LogP contribution in [-0.4, -0.2) is 18.0 Å². The average molecular weight is 324 g/mol. The lowest BCUT2D eigenvalue weighted by Crippen LogP contribution is -2.46. The Kier molecular flexibility index (Phi) is 5.66. The fraction of sp³-hybridized carbons (Fsp3) is 0.500. The van der Waals surface area contributed by atoms with E-state index >= 15 is 0 Å². The Hall–Kier alpha value is -1.75. The number of nitrogens with two attached hydrogens (primary N) is 1. The van der Waals surface area contributed by atoms with Gasteiger partial charge in [0.1, 0.15) is 0 Å². The molecule has 1 aliphatic rings. The molecule has 2 rings (SSSR count). The molecule has 1 saturated carbocycles. The summed E-state index contributed by atoms with van der Waals surface area (Å²) in [7, 11) is 0. The molecule has 0 aliphatic heterocycles. The minimum absolute atomic E-state index is 0.207. The number of hydrogen-bond donors (Lipinski definition) is 3. The first-order valence-electron chi connectivity index (χ1n) is 7.60. The first kappa shape index (κ1) is 16.6. The lowest BCUT2D eigenvalue weighted by atomic mass is 9.94. The first-order chi connectivity index (χ1) is 10.5. The van der Waals surface area contributed by atoms with E-state index in [1.54, 1.807) is 12.1 Å². The van der Waals surface area contributed by atoms with E-state index < -0.39 is 0 Å². The molecule has 4 N–H and O–H groups in total. The summed E-state index contributed by atoms with van der Waals surface area (Å²) >= 11 is 6.04. The number of carbonyl (C=O) groups is 2. The molecule has 0 spiro atoms. The highest BCUT2D eigenvalue weighted by Crippen LogP contribution is 2.24. The standard InChI is InChI=1S/C16H22ClN3O2/c1-10-7-8-11(9-13(10)17)19-16(22)20-14-6-4-2-3-5-12(14)15(18)21/h7-9,12,14H,2-6H2,1H3,(H2,18,21)(H2,19,20,22)/t12-,14+/m1/s1. The molecule has 0 unspecified atom stereocenters. The highest BCUT2D eigenvalue weighted by molar-refractivity contribution is 6.31. The zero-order chi connectivity index (χ0) is 16.1. The zero-order valence-electron chi connectivity index (χ0n) is 12.7. The van der Waals surface area contributed by atoms with Crippen molar-refractivity contribution in [2.24, 2.45) is 11.7 Å². The van der Waals surface area contributed by atoms with E-state index in [1.807, 2.05) is 13.0 Å². The van der Waals surface area contributed by atoms with Crippen LogP contribution in [0.25, 0.3) is 0 Å². The van der Waals surface area contributed by atoms with Crippen molar-refractivity contribution >= 4 is 29.2 Å². The van der Waals surface area contributed by atoms with Crippen LogP contribution >= 0.6 is 11.6 Å². The van der Waals surface area contributed by atoms with Gasteiger partial charge in [-0.2, -0.15) is 0 Å². The molecule has 2 atom stereocenters. The van der Waals surface area contributed by atoms with Crippen LogP contribution in [0.5, 0.6) is 0 Å². The molecule has 0 aromatic heterocycles. The van der Waals surface area contributed by atoms with Gasteiger partial charge in [0.05, 0.1) is 5.92 Å². The number of rotatable bonds is 3. The van der Waals surface area contributed by atoms with Gasteiger partial charge in [-0.05, 0) is 37.5 Å². The maximum atomic E-state index is 12.1. The number of nitrogens with one attached hydrogen (secondary N) is 2. The molecule has 22 heavy (non-hydrogen) atoms. The number of halogens is 1. The number of aryl methyl sites for hydroxylation is 1. The van der Waals surface area contributed by atoms with Gasteiger partial charge in [-0.1, -0.05) is 36.9 Å². The summed E-state index contributed by atoms with van der Waals surface area (Å²) < 4.78 is 0. The molecule has 120 valence electrons. The van der Waals surface area contributed by atoms with Crippen LogP contribution in [0.1, 0.15) is 37.7 Å². The summed E-state index contributed by atoms with van der Waals surface area (Å²) in [5.74, 6) is -0.638. The quantitative estimate of drug-likeness (QED) is 0.746. The largest absolute Gasteiger partial charge is 0.369 e. The Morgan fingerprint density at radius 2 is 1.95 bits per heavy atom. The van der Waals surface area contributed by atoms with Crippen molar-refractivity contribution in [1.29, 1.82) is 0 Å². The third-order valence-electron chi connectivity index (χ3n) is 4.13. The molecule has 1 aromatic rings. The van der Waals surface area contributed by atoms with Crippen LogP contribution < -0.4 is 16.4 Å². The van der Waals surface area contributed by atoms with Crippen molar-refractivity contribution in [3.05, 3.63) is 28.8 Å². The van der Waals surface area contributed by atoms with Crippen molar-refractivity contribution in [1.82, 2.24) is 5.32 Å². The second-order valence-corrected chi connectivity index (χ2v) is 6.22. The van der Waals surface area contributed by atoms with Gasteiger partial charge >= 0.3 is 6.03 Å². The number of carbonyl (C=O) groups excluding carboxylic acids is 2. The molecule has 0 radical (unpaired) electrons. The molecular weight excluding hydrogens is 302 g/mol. The maximum Gasteiger partial charge on any atom is 0.319 e. The Morgan fingerprint density at radius 3 is 2.64 bits per heavy atom. The third-order valence-corrected chi connectivity index (χ3v) is 4.53. The van der Waals surface area contributed by atoms with Crippen LogP contribution in [0.15, 0.2) is 18.2 Å². The van der Waals surface area contributed by atoms with Crippen LogP contribution in [0.3, 0.4) is 0 Å². The van der Waals surface area contributed by atoms with Crippen LogP contribution in [0, 0.1) is 12.8 Å². The van der Waals surface area contributed by atoms with Gasteiger partial charge in [0.25, 0.3) is 0 Å². The van der Waals surface area contributed by atoms with Crippen molar-refractivity contribution < 1.29 is 9.59 Å². The topological polar surface area (TPSA) is 84.2 Å². The SMILES string of the molecule is Cc1ccc(NC(=O)N[C@H]2CCCCC[C@H]2C(N)=O)cc1Cl. The molecule has 1 aromatic carbocycles. The summed E-state index contributed by atoms with van der Waals surface area (Å²) in [5, 5.41) is 6.23. The molecular formula is C16H22ClN3O2. The number of benzene rings is 1. The summed E-state index contributed by atoms with van der Waals surface area (Å²) in [6.45, 7) is 1.90. The lowest BCUT2D eigenvalue weighted by Gasteiger charge is -2.23. The second kappa shape index (κ2) is 7.49. The molecule has 5 nitrogen and oxygen atoms in total. The van der Waals surface area contributed by atoms with Crippen LogP contribution in [0.4, 0.5) is 10.5 Å². The third kappa shape index (κ3) is 4.37. The molecule has 0 bridgehead atoms. The van der Waals surface area contributed by atoms with Gasteiger partial charge in [0.2, 0.25) is 5.91 Å².